The first-order chi connectivity index (χ1) is 9.60. The molecule has 20 heavy (non-hydrogen) atoms. The van der Waals surface area contributed by atoms with Gasteiger partial charge in [-0.05, 0) is 44.4 Å². The predicted molar refractivity (Wildman–Crippen MR) is 81.2 cm³/mol. The third-order valence-electron chi connectivity index (χ3n) is 3.75. The number of carbonyl (C=O) groups is 1. The van der Waals surface area contributed by atoms with E-state index in [1.807, 2.05) is 32.0 Å². The zero-order chi connectivity index (χ0) is 14.5. The smallest absolute Gasteiger partial charge is 0.411 e. The van der Waals surface area contributed by atoms with Crippen LogP contribution in [0.4, 0.5) is 10.5 Å². The Bertz CT molecular complexity index is 453. The van der Waals surface area contributed by atoms with E-state index in [9.17, 15) is 4.79 Å². The van der Waals surface area contributed by atoms with E-state index < -0.39 is 0 Å². The lowest BCUT2D eigenvalue weighted by Crippen LogP contribution is -2.27. The number of nitrogens with one attached hydrogen (secondary N) is 1. The molecule has 0 bridgehead atoms. The Kier molecular flexibility index (Phi) is 5.01. The van der Waals surface area contributed by atoms with Gasteiger partial charge < -0.3 is 4.74 Å². The largest absolute Gasteiger partial charge is 0.445 e. The van der Waals surface area contributed by atoms with Crippen LogP contribution in [0, 0.1) is 13.8 Å². The highest BCUT2D eigenvalue weighted by atomic mass is 16.6. The van der Waals surface area contributed by atoms with E-state index in [0.717, 1.165) is 49.3 Å². The molecule has 1 fully saturated rings. The molecule has 110 valence electrons. The molecule has 0 radical (unpaired) electrons. The summed E-state index contributed by atoms with van der Waals surface area (Å²) in [6.45, 7) is 9.10. The molecule has 1 heterocycles. The number of likely N-dealkylation sites (tertiary alicyclic amines) is 1. The van der Waals surface area contributed by atoms with Gasteiger partial charge in [0, 0.05) is 18.8 Å². The van der Waals surface area contributed by atoms with Crippen LogP contribution >= 0.6 is 0 Å². The second-order valence-corrected chi connectivity index (χ2v) is 5.51. The molecule has 1 aromatic rings. The maximum Gasteiger partial charge on any atom is 0.411 e. The van der Waals surface area contributed by atoms with Crippen molar-refractivity contribution in [1.82, 2.24) is 4.90 Å². The Morgan fingerprint density at radius 2 is 2.10 bits per heavy atom. The molecule has 1 aliphatic rings. The first-order valence-corrected chi connectivity index (χ1v) is 7.36. The summed E-state index contributed by atoms with van der Waals surface area (Å²) in [5, 5.41) is 2.87. The van der Waals surface area contributed by atoms with Crippen molar-refractivity contribution in [3.8, 4) is 0 Å². The van der Waals surface area contributed by atoms with Crippen LogP contribution in [0.15, 0.2) is 18.2 Å². The summed E-state index contributed by atoms with van der Waals surface area (Å²) in [6, 6.07) is 5.96. The van der Waals surface area contributed by atoms with Crippen LogP contribution in [0.2, 0.25) is 0 Å². The van der Waals surface area contributed by atoms with Gasteiger partial charge in [0.05, 0.1) is 0 Å². The Hall–Kier alpha value is -1.55. The van der Waals surface area contributed by atoms with Crippen molar-refractivity contribution in [2.24, 2.45) is 0 Å². The van der Waals surface area contributed by atoms with Gasteiger partial charge in [0.1, 0.15) is 6.10 Å². The summed E-state index contributed by atoms with van der Waals surface area (Å²) in [5.74, 6) is 0. The monoisotopic (exact) mass is 276 g/mol. The SMILES string of the molecule is CCCN1CC[C@H](OC(=O)Nc2c(C)cccc2C)C1. The van der Waals surface area contributed by atoms with Crippen LogP contribution < -0.4 is 5.32 Å². The molecule has 0 saturated carbocycles. The number of rotatable bonds is 4. The molecular formula is C16H24N2O2. The van der Waals surface area contributed by atoms with Crippen molar-refractivity contribution in [3.05, 3.63) is 29.3 Å². The second-order valence-electron chi connectivity index (χ2n) is 5.51. The topological polar surface area (TPSA) is 41.6 Å². The zero-order valence-corrected chi connectivity index (χ0v) is 12.6. The van der Waals surface area contributed by atoms with Gasteiger partial charge in [-0.25, -0.2) is 4.79 Å². The average molecular weight is 276 g/mol. The van der Waals surface area contributed by atoms with Crippen LogP contribution in [0.3, 0.4) is 0 Å². The number of anilines is 1. The first-order valence-electron chi connectivity index (χ1n) is 7.36. The molecule has 4 nitrogen and oxygen atoms in total. The number of hydrogen-bond acceptors (Lipinski definition) is 3. The molecular weight excluding hydrogens is 252 g/mol. The second kappa shape index (κ2) is 6.75. The lowest BCUT2D eigenvalue weighted by molar-refractivity contribution is 0.113. The first kappa shape index (κ1) is 14.9. The predicted octanol–water partition coefficient (Wildman–Crippen LogP) is 3.34. The normalized spacial score (nSPS) is 19.1. The molecule has 1 aliphatic heterocycles. The minimum absolute atomic E-state index is 0.0193. The van der Waals surface area contributed by atoms with Gasteiger partial charge in [0.2, 0.25) is 0 Å². The van der Waals surface area contributed by atoms with E-state index in [1.54, 1.807) is 0 Å². The van der Waals surface area contributed by atoms with Crippen molar-refractivity contribution in [2.45, 2.75) is 39.7 Å². The van der Waals surface area contributed by atoms with Crippen molar-refractivity contribution < 1.29 is 9.53 Å². The third-order valence-corrected chi connectivity index (χ3v) is 3.75. The summed E-state index contributed by atoms with van der Waals surface area (Å²) in [4.78, 5) is 14.3. The molecule has 4 heteroatoms. The summed E-state index contributed by atoms with van der Waals surface area (Å²) in [7, 11) is 0. The minimum Gasteiger partial charge on any atom is -0.445 e. The lowest BCUT2D eigenvalue weighted by atomic mass is 10.1. The van der Waals surface area contributed by atoms with Gasteiger partial charge in [-0.3, -0.25) is 10.2 Å². The van der Waals surface area contributed by atoms with Gasteiger partial charge in [-0.1, -0.05) is 25.1 Å². The quantitative estimate of drug-likeness (QED) is 0.917. The summed E-state index contributed by atoms with van der Waals surface area (Å²) >= 11 is 0. The molecule has 2 rings (SSSR count). The van der Waals surface area contributed by atoms with E-state index >= 15 is 0 Å². The summed E-state index contributed by atoms with van der Waals surface area (Å²) < 4.78 is 5.51. The summed E-state index contributed by atoms with van der Waals surface area (Å²) in [6.07, 6.45) is 1.75. The highest BCUT2D eigenvalue weighted by Gasteiger charge is 2.25. The number of carbonyl (C=O) groups excluding carboxylic acids is 1. The van der Waals surface area contributed by atoms with E-state index in [4.69, 9.17) is 4.74 Å². The van der Waals surface area contributed by atoms with Crippen LogP contribution in [0.5, 0.6) is 0 Å². The lowest BCUT2D eigenvalue weighted by Gasteiger charge is -2.16. The fourth-order valence-electron chi connectivity index (χ4n) is 2.71. The molecule has 1 saturated heterocycles. The van der Waals surface area contributed by atoms with E-state index in [1.165, 1.54) is 0 Å². The van der Waals surface area contributed by atoms with Crippen molar-refractivity contribution >= 4 is 11.8 Å². The molecule has 0 spiro atoms. The molecule has 0 aliphatic carbocycles. The Labute approximate surface area is 121 Å². The highest BCUT2D eigenvalue weighted by Crippen LogP contribution is 2.20. The number of nitrogens with zero attached hydrogens (tertiary/aromatic N) is 1. The highest BCUT2D eigenvalue weighted by molar-refractivity contribution is 5.86. The standard InChI is InChI=1S/C16H24N2O2/c1-4-9-18-10-8-14(11-18)20-16(19)17-15-12(2)6-5-7-13(15)3/h5-7,14H,4,8-11H2,1-3H3,(H,17,19)/t14-/m0/s1. The maximum absolute atomic E-state index is 12.0. The van der Waals surface area contributed by atoms with Gasteiger partial charge >= 0.3 is 6.09 Å². The van der Waals surface area contributed by atoms with Crippen LogP contribution in [-0.4, -0.2) is 36.7 Å². The molecule has 1 N–H and O–H groups in total. The third kappa shape index (κ3) is 3.73. The molecule has 0 aromatic heterocycles. The van der Waals surface area contributed by atoms with Gasteiger partial charge in [0.15, 0.2) is 0 Å². The number of amides is 1. The number of benzene rings is 1. The van der Waals surface area contributed by atoms with E-state index in [2.05, 4.69) is 17.1 Å². The van der Waals surface area contributed by atoms with Crippen molar-refractivity contribution in [3.63, 3.8) is 0 Å². The number of aryl methyl sites for hydroxylation is 2. The Balaban J connectivity index is 1.87. The molecule has 0 unspecified atom stereocenters. The maximum atomic E-state index is 12.0. The zero-order valence-electron chi connectivity index (χ0n) is 12.6. The van der Waals surface area contributed by atoms with Crippen LogP contribution in [-0.2, 0) is 4.74 Å². The van der Waals surface area contributed by atoms with Crippen LogP contribution in [0.25, 0.3) is 0 Å². The fraction of sp³-hybridized carbons (Fsp3) is 0.562. The van der Waals surface area contributed by atoms with Crippen molar-refractivity contribution in [2.75, 3.05) is 25.0 Å². The minimum atomic E-state index is -0.342. The fourth-order valence-corrected chi connectivity index (χ4v) is 2.71. The number of hydrogen-bond donors (Lipinski definition) is 1. The van der Waals surface area contributed by atoms with E-state index in [-0.39, 0.29) is 12.2 Å². The molecule has 1 aromatic carbocycles. The van der Waals surface area contributed by atoms with Crippen molar-refractivity contribution in [1.29, 1.82) is 0 Å². The van der Waals surface area contributed by atoms with Gasteiger partial charge in [-0.2, -0.15) is 0 Å². The summed E-state index contributed by atoms with van der Waals surface area (Å²) in [5.41, 5.74) is 2.97. The average Bonchev–Trinajstić information content (AvgIpc) is 2.82. The van der Waals surface area contributed by atoms with E-state index in [0.29, 0.717) is 0 Å². The number of para-hydroxylation sites is 1. The number of ether oxygens (including phenoxy) is 1. The van der Waals surface area contributed by atoms with Gasteiger partial charge in [0.25, 0.3) is 0 Å². The Morgan fingerprint density at radius 3 is 2.75 bits per heavy atom. The molecule has 1 atom stereocenters. The Morgan fingerprint density at radius 1 is 1.40 bits per heavy atom. The molecule has 1 amide bonds. The van der Waals surface area contributed by atoms with Gasteiger partial charge in [-0.15, -0.1) is 0 Å². The van der Waals surface area contributed by atoms with Crippen LogP contribution in [0.1, 0.15) is 30.9 Å².